The van der Waals surface area contributed by atoms with Crippen molar-refractivity contribution in [3.05, 3.63) is 91.4 Å². The van der Waals surface area contributed by atoms with E-state index in [1.165, 1.54) is 35.2 Å². The largest absolute Gasteiger partial charge is 0.454 e. The Bertz CT molecular complexity index is 1510. The quantitative estimate of drug-likeness (QED) is 0.214. The molecule has 3 heterocycles. The fourth-order valence-corrected chi connectivity index (χ4v) is 5.32. The van der Waals surface area contributed by atoms with Crippen molar-refractivity contribution in [2.45, 2.75) is 12.1 Å². The fourth-order valence-electron chi connectivity index (χ4n) is 4.81. The number of ether oxygens (including phenoxy) is 2. The van der Waals surface area contributed by atoms with Crippen molar-refractivity contribution in [1.82, 2.24) is 4.90 Å². The van der Waals surface area contributed by atoms with Gasteiger partial charge in [0.1, 0.15) is 11.6 Å². The monoisotopic (exact) mass is 525 g/mol. The van der Waals surface area contributed by atoms with E-state index in [-0.39, 0.29) is 28.0 Å². The van der Waals surface area contributed by atoms with Gasteiger partial charge in [-0.25, -0.2) is 0 Å². The predicted octanol–water partition coefficient (Wildman–Crippen LogP) is 4.38. The van der Waals surface area contributed by atoms with E-state index in [0.29, 0.717) is 22.7 Å². The molecule has 3 amide bonds. The number of hydrogen-bond acceptors (Lipinski definition) is 7. The second kappa shape index (κ2) is 7.94. The lowest BCUT2D eigenvalue weighted by Crippen LogP contribution is -2.67. The predicted molar refractivity (Wildman–Crippen MR) is 127 cm³/mol. The Morgan fingerprint density at radius 2 is 1.58 bits per heavy atom. The molecule has 1 saturated heterocycles. The van der Waals surface area contributed by atoms with Crippen molar-refractivity contribution >= 4 is 52.3 Å². The average molecular weight is 526 g/mol. The summed E-state index contributed by atoms with van der Waals surface area (Å²) in [4.78, 5) is 53.2. The van der Waals surface area contributed by atoms with E-state index >= 15 is 0 Å². The van der Waals surface area contributed by atoms with Crippen LogP contribution in [0.25, 0.3) is 0 Å². The molecule has 3 aliphatic heterocycles. The Labute approximate surface area is 212 Å². The highest BCUT2D eigenvalue weighted by atomic mass is 35.5. The van der Waals surface area contributed by atoms with E-state index in [4.69, 9.17) is 32.7 Å². The molecule has 3 aromatic carbocycles. The number of amides is 3. The average Bonchev–Trinajstić information content (AvgIpc) is 3.40. The second-order valence-corrected chi connectivity index (χ2v) is 9.15. The summed E-state index contributed by atoms with van der Waals surface area (Å²) in [6, 6.07) is 11.3. The summed E-state index contributed by atoms with van der Waals surface area (Å²) in [6.07, 6.45) is 0. The Morgan fingerprint density at radius 1 is 0.861 bits per heavy atom. The van der Waals surface area contributed by atoms with Crippen LogP contribution in [0.4, 0.5) is 11.4 Å². The molecule has 2 atom stereocenters. The van der Waals surface area contributed by atoms with Crippen molar-refractivity contribution in [3.63, 3.8) is 0 Å². The standard InChI is InChI=1S/C24H13Cl2N3O7/c25-12-7-13(26)9-14(8-12)27-20(11-4-5-17-18(6-11)36-10-35-17)21(24(27)32)28-22(30)15-2-1-3-16(29(33)34)19(15)23(28)31/h1-9,20-21H,10H2. The SMILES string of the molecule is O=C1c2cccc([N+](=O)[O-])c2C(=O)N1C1C(=O)N(c2cc(Cl)cc(Cl)c2)C1c1ccc2c(c1)OCO2. The van der Waals surface area contributed by atoms with Gasteiger partial charge < -0.3 is 14.4 Å². The van der Waals surface area contributed by atoms with Crippen LogP contribution in [-0.4, -0.2) is 40.4 Å². The number of halogens is 2. The minimum absolute atomic E-state index is 0.0293. The van der Waals surface area contributed by atoms with Crippen LogP contribution in [0.15, 0.2) is 54.6 Å². The van der Waals surface area contributed by atoms with Crippen molar-refractivity contribution in [1.29, 1.82) is 0 Å². The summed E-state index contributed by atoms with van der Waals surface area (Å²) in [6.45, 7) is 0.0293. The number of nitro benzene ring substituents is 1. The van der Waals surface area contributed by atoms with E-state index in [0.717, 1.165) is 11.0 Å². The number of anilines is 1. The molecule has 3 aliphatic rings. The van der Waals surface area contributed by atoms with Gasteiger partial charge in [0, 0.05) is 21.8 Å². The minimum Gasteiger partial charge on any atom is -0.454 e. The number of carbonyl (C=O) groups excluding carboxylic acids is 3. The summed E-state index contributed by atoms with van der Waals surface area (Å²) in [7, 11) is 0. The number of nitro groups is 1. The van der Waals surface area contributed by atoms with Crippen LogP contribution in [0.3, 0.4) is 0 Å². The number of imide groups is 1. The Morgan fingerprint density at radius 3 is 2.31 bits per heavy atom. The van der Waals surface area contributed by atoms with E-state index in [1.54, 1.807) is 18.2 Å². The van der Waals surface area contributed by atoms with Crippen LogP contribution in [-0.2, 0) is 4.79 Å². The zero-order chi connectivity index (χ0) is 25.3. The number of rotatable bonds is 4. The molecule has 0 saturated carbocycles. The smallest absolute Gasteiger partial charge is 0.282 e. The first-order valence-corrected chi connectivity index (χ1v) is 11.4. The molecular weight excluding hydrogens is 513 g/mol. The highest BCUT2D eigenvalue weighted by Gasteiger charge is 2.58. The molecule has 0 spiro atoms. The molecule has 3 aromatic rings. The molecule has 2 unspecified atom stereocenters. The second-order valence-electron chi connectivity index (χ2n) is 8.28. The van der Waals surface area contributed by atoms with Crippen LogP contribution in [0.5, 0.6) is 11.5 Å². The number of benzene rings is 3. The molecule has 10 nitrogen and oxygen atoms in total. The van der Waals surface area contributed by atoms with Crippen LogP contribution < -0.4 is 14.4 Å². The van der Waals surface area contributed by atoms with E-state index < -0.39 is 40.4 Å². The van der Waals surface area contributed by atoms with Crippen LogP contribution in [0, 0.1) is 10.1 Å². The summed E-state index contributed by atoms with van der Waals surface area (Å²) in [5.74, 6) is -1.32. The first-order valence-electron chi connectivity index (χ1n) is 10.6. The normalized spacial score (nSPS) is 20.0. The molecule has 0 radical (unpaired) electrons. The number of β-lactam (4-membered cyclic amide) rings is 1. The Hall–Kier alpha value is -4.15. The number of fused-ring (bicyclic) bond motifs is 2. The lowest BCUT2D eigenvalue weighted by Gasteiger charge is -2.49. The van der Waals surface area contributed by atoms with E-state index in [2.05, 4.69) is 0 Å². The van der Waals surface area contributed by atoms with Gasteiger partial charge in [-0.3, -0.25) is 29.4 Å². The van der Waals surface area contributed by atoms with Gasteiger partial charge in [-0.05, 0) is 42.0 Å². The maximum absolute atomic E-state index is 13.6. The van der Waals surface area contributed by atoms with Crippen molar-refractivity contribution in [2.75, 3.05) is 11.7 Å². The van der Waals surface area contributed by atoms with Gasteiger partial charge in [0.15, 0.2) is 11.5 Å². The van der Waals surface area contributed by atoms with Gasteiger partial charge in [0.25, 0.3) is 23.4 Å². The highest BCUT2D eigenvalue weighted by Crippen LogP contribution is 2.47. The molecule has 36 heavy (non-hydrogen) atoms. The first-order chi connectivity index (χ1) is 17.3. The van der Waals surface area contributed by atoms with Crippen molar-refractivity contribution in [3.8, 4) is 11.5 Å². The molecule has 12 heteroatoms. The molecule has 6 rings (SSSR count). The summed E-state index contributed by atoms with van der Waals surface area (Å²) >= 11 is 12.3. The van der Waals surface area contributed by atoms with Gasteiger partial charge in [0.2, 0.25) is 6.79 Å². The third-order valence-electron chi connectivity index (χ3n) is 6.33. The van der Waals surface area contributed by atoms with Crippen molar-refractivity contribution < 1.29 is 28.8 Å². The molecule has 0 bridgehead atoms. The van der Waals surface area contributed by atoms with Crippen LogP contribution >= 0.6 is 23.2 Å². The van der Waals surface area contributed by atoms with Gasteiger partial charge in [-0.1, -0.05) is 35.3 Å². The molecule has 0 aromatic heterocycles. The van der Waals surface area contributed by atoms with E-state index in [1.807, 2.05) is 0 Å². The summed E-state index contributed by atoms with van der Waals surface area (Å²) in [5, 5.41) is 12.1. The molecule has 0 aliphatic carbocycles. The van der Waals surface area contributed by atoms with Crippen molar-refractivity contribution in [2.24, 2.45) is 0 Å². The lowest BCUT2D eigenvalue weighted by molar-refractivity contribution is -0.385. The van der Waals surface area contributed by atoms with E-state index in [9.17, 15) is 24.5 Å². The zero-order valence-corrected chi connectivity index (χ0v) is 19.5. The third-order valence-corrected chi connectivity index (χ3v) is 6.77. The maximum Gasteiger partial charge on any atom is 0.282 e. The lowest BCUT2D eigenvalue weighted by atomic mass is 9.86. The highest BCUT2D eigenvalue weighted by molar-refractivity contribution is 6.35. The minimum atomic E-state index is -1.27. The Kier molecular flexibility index (Phi) is 4.92. The fraction of sp³-hybridized carbons (Fsp3) is 0.125. The number of nitrogens with zero attached hydrogens (tertiary/aromatic N) is 3. The zero-order valence-electron chi connectivity index (χ0n) is 18.0. The van der Waals surface area contributed by atoms with Gasteiger partial charge in [-0.2, -0.15) is 0 Å². The third kappa shape index (κ3) is 3.15. The van der Waals surface area contributed by atoms with Crippen LogP contribution in [0.2, 0.25) is 10.0 Å². The maximum atomic E-state index is 13.6. The molecule has 1 fully saturated rings. The number of carbonyl (C=O) groups is 3. The van der Waals surface area contributed by atoms with Gasteiger partial charge >= 0.3 is 0 Å². The summed E-state index contributed by atoms with van der Waals surface area (Å²) in [5.41, 5.74) is -0.0621. The topological polar surface area (TPSA) is 119 Å². The van der Waals surface area contributed by atoms with Gasteiger partial charge in [0.05, 0.1) is 16.5 Å². The van der Waals surface area contributed by atoms with Gasteiger partial charge in [-0.15, -0.1) is 0 Å². The van der Waals surface area contributed by atoms with Crippen LogP contribution in [0.1, 0.15) is 32.3 Å². The summed E-state index contributed by atoms with van der Waals surface area (Å²) < 4.78 is 10.8. The Balaban J connectivity index is 1.47. The molecular formula is C24H13Cl2N3O7. The molecule has 180 valence electrons. The molecule has 0 N–H and O–H groups in total. The first kappa shape index (κ1) is 22.3. The number of hydrogen-bond donors (Lipinski definition) is 0.